The van der Waals surface area contributed by atoms with Crippen LogP contribution in [0.1, 0.15) is 6.42 Å². The Hall–Kier alpha value is -1.31. The Morgan fingerprint density at radius 3 is 1.76 bits per heavy atom. The van der Waals surface area contributed by atoms with E-state index in [9.17, 15) is 26.7 Å². The predicted molar refractivity (Wildman–Crippen MR) is 53.3 cm³/mol. The number of halogens is 5. The number of rotatable bonds is 3. The number of thiol groups is 1. The second kappa shape index (κ2) is 5.35. The van der Waals surface area contributed by atoms with Gasteiger partial charge in [0, 0.05) is 6.42 Å². The molecule has 0 aliphatic rings. The molecule has 0 saturated carbocycles. The Balaban J connectivity index is 3.20. The molecule has 0 fully saturated rings. The van der Waals surface area contributed by atoms with Crippen LogP contribution in [-0.4, -0.2) is 11.7 Å². The number of anilines is 1. The summed E-state index contributed by atoms with van der Waals surface area (Å²) < 4.78 is 64.2. The molecule has 1 rings (SSSR count). The van der Waals surface area contributed by atoms with Gasteiger partial charge in [-0.25, -0.2) is 22.0 Å². The van der Waals surface area contributed by atoms with Gasteiger partial charge in [0.2, 0.25) is 11.7 Å². The fraction of sp³-hybridized carbons (Fsp3) is 0.222. The Bertz CT molecular complexity index is 436. The highest BCUT2D eigenvalue weighted by Crippen LogP contribution is 2.27. The average molecular weight is 271 g/mol. The van der Waals surface area contributed by atoms with Crippen molar-refractivity contribution in [3.05, 3.63) is 29.1 Å². The zero-order valence-electron chi connectivity index (χ0n) is 8.16. The molecule has 0 aliphatic carbocycles. The molecule has 0 saturated heterocycles. The van der Waals surface area contributed by atoms with E-state index in [1.165, 1.54) is 0 Å². The van der Waals surface area contributed by atoms with Crippen LogP contribution in [0.2, 0.25) is 0 Å². The maximum Gasteiger partial charge on any atom is 0.225 e. The number of nitrogens with one attached hydrogen (secondary N) is 1. The SMILES string of the molecule is O=C(CCS)Nc1c(F)c(F)c(F)c(F)c1F. The van der Waals surface area contributed by atoms with Crippen LogP contribution in [0.15, 0.2) is 0 Å². The van der Waals surface area contributed by atoms with E-state index in [4.69, 9.17) is 0 Å². The molecule has 0 bridgehead atoms. The van der Waals surface area contributed by atoms with Crippen LogP contribution in [0.5, 0.6) is 0 Å². The molecule has 1 aromatic rings. The first-order chi connectivity index (χ1) is 7.90. The lowest BCUT2D eigenvalue weighted by Crippen LogP contribution is -2.16. The number of hydrogen-bond acceptors (Lipinski definition) is 2. The predicted octanol–water partition coefficient (Wildman–Crippen LogP) is 2.64. The number of benzene rings is 1. The van der Waals surface area contributed by atoms with Crippen LogP contribution < -0.4 is 5.32 Å². The van der Waals surface area contributed by atoms with Gasteiger partial charge in [-0.2, -0.15) is 12.6 Å². The van der Waals surface area contributed by atoms with Crippen molar-refractivity contribution in [1.29, 1.82) is 0 Å². The summed E-state index contributed by atoms with van der Waals surface area (Å²) in [5, 5.41) is 1.60. The highest BCUT2D eigenvalue weighted by Gasteiger charge is 2.26. The maximum atomic E-state index is 13.0. The van der Waals surface area contributed by atoms with Gasteiger partial charge in [0.1, 0.15) is 5.69 Å². The normalized spacial score (nSPS) is 10.5. The van der Waals surface area contributed by atoms with Crippen LogP contribution in [0.4, 0.5) is 27.6 Å². The lowest BCUT2D eigenvalue weighted by Gasteiger charge is -2.09. The fourth-order valence-electron chi connectivity index (χ4n) is 1.02. The zero-order chi connectivity index (χ0) is 13.2. The molecule has 0 aromatic heterocycles. The van der Waals surface area contributed by atoms with Crippen LogP contribution >= 0.6 is 12.6 Å². The minimum absolute atomic E-state index is 0.0707. The summed E-state index contributed by atoms with van der Waals surface area (Å²) in [7, 11) is 0. The van der Waals surface area contributed by atoms with Crippen molar-refractivity contribution in [1.82, 2.24) is 0 Å². The van der Waals surface area contributed by atoms with E-state index in [-0.39, 0.29) is 12.2 Å². The fourth-order valence-corrected chi connectivity index (χ4v) is 1.22. The van der Waals surface area contributed by atoms with Gasteiger partial charge in [-0.3, -0.25) is 4.79 Å². The zero-order valence-corrected chi connectivity index (χ0v) is 9.05. The second-order valence-corrected chi connectivity index (χ2v) is 3.41. The highest BCUT2D eigenvalue weighted by molar-refractivity contribution is 7.80. The largest absolute Gasteiger partial charge is 0.321 e. The Morgan fingerprint density at radius 1 is 0.941 bits per heavy atom. The molecule has 0 radical (unpaired) electrons. The molecular formula is C9H6F5NOS. The van der Waals surface area contributed by atoms with E-state index in [2.05, 4.69) is 12.6 Å². The van der Waals surface area contributed by atoms with Gasteiger partial charge in [0.05, 0.1) is 0 Å². The van der Waals surface area contributed by atoms with E-state index < -0.39 is 40.7 Å². The van der Waals surface area contributed by atoms with Crippen LogP contribution in [0.3, 0.4) is 0 Å². The minimum atomic E-state index is -2.27. The third-order valence-electron chi connectivity index (χ3n) is 1.81. The Labute approximate surface area is 98.2 Å². The number of amides is 1. The Kier molecular flexibility index (Phi) is 4.33. The summed E-state index contributed by atoms with van der Waals surface area (Å²) in [4.78, 5) is 11.0. The first-order valence-electron chi connectivity index (χ1n) is 4.32. The molecule has 8 heteroatoms. The van der Waals surface area contributed by atoms with Crippen LogP contribution in [0.25, 0.3) is 0 Å². The van der Waals surface area contributed by atoms with Gasteiger partial charge in [-0.1, -0.05) is 0 Å². The summed E-state index contributed by atoms with van der Waals surface area (Å²) >= 11 is 3.68. The summed E-state index contributed by atoms with van der Waals surface area (Å²) in [5.74, 6) is -11.5. The minimum Gasteiger partial charge on any atom is -0.321 e. The van der Waals surface area contributed by atoms with Crippen LogP contribution in [-0.2, 0) is 4.79 Å². The van der Waals surface area contributed by atoms with Crippen molar-refractivity contribution in [2.24, 2.45) is 0 Å². The first kappa shape index (κ1) is 13.8. The van der Waals surface area contributed by atoms with Crippen molar-refractivity contribution >= 4 is 24.2 Å². The second-order valence-electron chi connectivity index (χ2n) is 2.97. The average Bonchev–Trinajstić information content (AvgIpc) is 2.30. The molecule has 1 aromatic carbocycles. The van der Waals surface area contributed by atoms with Crippen molar-refractivity contribution in [3.8, 4) is 0 Å². The van der Waals surface area contributed by atoms with Crippen molar-refractivity contribution in [3.63, 3.8) is 0 Å². The van der Waals surface area contributed by atoms with Crippen LogP contribution in [0, 0.1) is 29.1 Å². The number of hydrogen-bond donors (Lipinski definition) is 2. The Morgan fingerprint density at radius 2 is 1.35 bits per heavy atom. The summed E-state index contributed by atoms with van der Waals surface area (Å²) in [5.41, 5.74) is -1.35. The molecule has 17 heavy (non-hydrogen) atoms. The molecule has 0 atom stereocenters. The summed E-state index contributed by atoms with van der Waals surface area (Å²) in [6.07, 6.45) is -0.220. The van der Waals surface area contributed by atoms with Crippen molar-refractivity contribution < 1.29 is 26.7 Å². The third-order valence-corrected chi connectivity index (χ3v) is 2.04. The molecule has 1 amide bonds. The molecule has 0 aliphatic heterocycles. The lowest BCUT2D eigenvalue weighted by molar-refractivity contribution is -0.115. The van der Waals surface area contributed by atoms with Gasteiger partial charge in [-0.15, -0.1) is 0 Å². The van der Waals surface area contributed by atoms with Gasteiger partial charge < -0.3 is 5.32 Å². The van der Waals surface area contributed by atoms with E-state index in [0.717, 1.165) is 0 Å². The summed E-state index contributed by atoms with van der Waals surface area (Å²) in [6.45, 7) is 0. The topological polar surface area (TPSA) is 29.1 Å². The first-order valence-corrected chi connectivity index (χ1v) is 4.95. The lowest BCUT2D eigenvalue weighted by atomic mass is 10.2. The van der Waals surface area contributed by atoms with Gasteiger partial charge in [0.25, 0.3) is 0 Å². The monoisotopic (exact) mass is 271 g/mol. The summed E-state index contributed by atoms with van der Waals surface area (Å²) in [6, 6.07) is 0. The maximum absolute atomic E-state index is 13.0. The van der Waals surface area contributed by atoms with E-state index >= 15 is 0 Å². The number of carbonyl (C=O) groups excluding carboxylic acids is 1. The van der Waals surface area contributed by atoms with Gasteiger partial charge in [-0.05, 0) is 5.75 Å². The molecule has 94 valence electrons. The third kappa shape index (κ3) is 2.68. The molecule has 1 N–H and O–H groups in total. The smallest absolute Gasteiger partial charge is 0.225 e. The molecule has 0 unspecified atom stereocenters. The van der Waals surface area contributed by atoms with Crippen molar-refractivity contribution in [2.45, 2.75) is 6.42 Å². The van der Waals surface area contributed by atoms with Gasteiger partial charge in [0.15, 0.2) is 23.3 Å². The highest BCUT2D eigenvalue weighted by atomic mass is 32.1. The van der Waals surface area contributed by atoms with E-state index in [1.54, 1.807) is 5.32 Å². The van der Waals surface area contributed by atoms with E-state index in [0.29, 0.717) is 0 Å². The van der Waals surface area contributed by atoms with E-state index in [1.807, 2.05) is 0 Å². The molecular weight excluding hydrogens is 265 g/mol. The molecule has 0 spiro atoms. The van der Waals surface area contributed by atoms with Gasteiger partial charge >= 0.3 is 0 Å². The molecule has 2 nitrogen and oxygen atoms in total. The van der Waals surface area contributed by atoms with Crippen molar-refractivity contribution in [2.75, 3.05) is 11.1 Å². The quantitative estimate of drug-likeness (QED) is 0.376. The number of carbonyl (C=O) groups is 1. The standard InChI is InChI=1S/C9H6F5NOS/c10-4-5(11)7(13)9(8(14)6(4)12)15-3(16)1-2-17/h17H,1-2H2,(H,15,16). The molecule has 0 heterocycles.